The first-order chi connectivity index (χ1) is 8.75. The quantitative estimate of drug-likeness (QED) is 0.685. The molecular formula is C10H19N3O5S. The highest BCUT2D eigenvalue weighted by atomic mass is 32.2. The van der Waals surface area contributed by atoms with Gasteiger partial charge < -0.3 is 15.3 Å². The Labute approximate surface area is 112 Å². The molecule has 1 fully saturated rings. The molecule has 8 nitrogen and oxygen atoms in total. The molecule has 0 radical (unpaired) electrons. The molecule has 2 amide bonds. The van der Waals surface area contributed by atoms with Crippen LogP contribution < -0.4 is 5.32 Å². The van der Waals surface area contributed by atoms with E-state index >= 15 is 0 Å². The summed E-state index contributed by atoms with van der Waals surface area (Å²) in [5, 5.41) is 11.4. The molecule has 0 aromatic carbocycles. The van der Waals surface area contributed by atoms with Crippen LogP contribution in [-0.2, 0) is 14.8 Å². The Morgan fingerprint density at radius 3 is 2.58 bits per heavy atom. The van der Waals surface area contributed by atoms with Gasteiger partial charge in [0.1, 0.15) is 6.04 Å². The van der Waals surface area contributed by atoms with Gasteiger partial charge in [0, 0.05) is 27.2 Å². The normalized spacial score (nSPS) is 19.7. The summed E-state index contributed by atoms with van der Waals surface area (Å²) < 4.78 is 24.0. The second kappa shape index (κ2) is 6.20. The van der Waals surface area contributed by atoms with Crippen molar-refractivity contribution in [1.82, 2.24) is 14.5 Å². The van der Waals surface area contributed by atoms with Crippen LogP contribution in [0.4, 0.5) is 4.79 Å². The van der Waals surface area contributed by atoms with Gasteiger partial charge >= 0.3 is 12.0 Å². The van der Waals surface area contributed by atoms with Crippen molar-refractivity contribution in [3.63, 3.8) is 0 Å². The van der Waals surface area contributed by atoms with Crippen molar-refractivity contribution in [2.45, 2.75) is 18.9 Å². The van der Waals surface area contributed by atoms with Crippen molar-refractivity contribution in [3.05, 3.63) is 0 Å². The highest BCUT2D eigenvalue weighted by Crippen LogP contribution is 2.17. The van der Waals surface area contributed by atoms with Crippen molar-refractivity contribution in [3.8, 4) is 0 Å². The van der Waals surface area contributed by atoms with Gasteiger partial charge in [0.15, 0.2) is 0 Å². The number of nitrogens with one attached hydrogen (secondary N) is 1. The lowest BCUT2D eigenvalue weighted by Crippen LogP contribution is -2.47. The molecule has 0 aromatic rings. The maximum atomic E-state index is 11.8. The van der Waals surface area contributed by atoms with E-state index in [9.17, 15) is 18.0 Å². The van der Waals surface area contributed by atoms with Crippen LogP contribution in [0.1, 0.15) is 12.8 Å². The van der Waals surface area contributed by atoms with Crippen molar-refractivity contribution in [1.29, 1.82) is 0 Å². The Morgan fingerprint density at radius 2 is 2.05 bits per heavy atom. The average Bonchev–Trinajstić information content (AvgIpc) is 2.77. The smallest absolute Gasteiger partial charge is 0.326 e. The number of likely N-dealkylation sites (tertiary alicyclic amines) is 1. The third kappa shape index (κ3) is 4.06. The Morgan fingerprint density at radius 1 is 1.42 bits per heavy atom. The minimum Gasteiger partial charge on any atom is -0.480 e. The van der Waals surface area contributed by atoms with E-state index in [1.54, 1.807) is 0 Å². The zero-order chi connectivity index (χ0) is 14.6. The zero-order valence-corrected chi connectivity index (χ0v) is 11.8. The van der Waals surface area contributed by atoms with E-state index in [1.807, 2.05) is 0 Å². The Hall–Kier alpha value is -1.35. The summed E-state index contributed by atoms with van der Waals surface area (Å²) in [5.41, 5.74) is 0. The van der Waals surface area contributed by atoms with E-state index in [1.165, 1.54) is 19.0 Å². The summed E-state index contributed by atoms with van der Waals surface area (Å²) in [6.45, 7) is 0.339. The minimum atomic E-state index is -3.36. The second-order valence-corrected chi connectivity index (χ2v) is 6.82. The minimum absolute atomic E-state index is 0.0395. The summed E-state index contributed by atoms with van der Waals surface area (Å²) in [6.07, 6.45) is 1.07. The second-order valence-electron chi connectivity index (χ2n) is 4.52. The zero-order valence-electron chi connectivity index (χ0n) is 11.0. The first-order valence-electron chi connectivity index (χ1n) is 5.93. The molecule has 1 heterocycles. The summed E-state index contributed by atoms with van der Waals surface area (Å²) in [4.78, 5) is 23.9. The molecule has 2 N–H and O–H groups in total. The molecule has 1 aliphatic heterocycles. The predicted octanol–water partition coefficient (Wildman–Crippen LogP) is -0.864. The van der Waals surface area contributed by atoms with Crippen molar-refractivity contribution >= 4 is 22.0 Å². The maximum Gasteiger partial charge on any atom is 0.326 e. The third-order valence-corrected chi connectivity index (χ3v) is 4.82. The molecule has 19 heavy (non-hydrogen) atoms. The number of urea groups is 1. The summed E-state index contributed by atoms with van der Waals surface area (Å²) in [5.74, 6) is -1.24. The van der Waals surface area contributed by atoms with Crippen LogP contribution in [0.15, 0.2) is 0 Å². The van der Waals surface area contributed by atoms with E-state index in [0.29, 0.717) is 19.4 Å². The molecular weight excluding hydrogens is 274 g/mol. The number of carbonyl (C=O) groups is 2. The van der Waals surface area contributed by atoms with E-state index in [2.05, 4.69) is 5.32 Å². The van der Waals surface area contributed by atoms with Gasteiger partial charge in [-0.05, 0) is 12.8 Å². The molecule has 0 bridgehead atoms. The van der Waals surface area contributed by atoms with Gasteiger partial charge in [-0.3, -0.25) is 0 Å². The number of carboxylic acid groups (broad SMARTS) is 1. The van der Waals surface area contributed by atoms with Crippen molar-refractivity contribution in [2.24, 2.45) is 0 Å². The lowest BCUT2D eigenvalue weighted by atomic mass is 10.2. The van der Waals surface area contributed by atoms with Gasteiger partial charge in [0.2, 0.25) is 10.0 Å². The molecule has 0 aliphatic carbocycles. The van der Waals surface area contributed by atoms with Gasteiger partial charge in [-0.2, -0.15) is 0 Å². The molecule has 0 saturated carbocycles. The Bertz CT molecular complexity index is 448. The lowest BCUT2D eigenvalue weighted by Gasteiger charge is -2.22. The summed E-state index contributed by atoms with van der Waals surface area (Å²) in [6, 6.07) is -1.34. The molecule has 1 aliphatic rings. The molecule has 1 atom stereocenters. The standard InChI is InChI=1S/C10H19N3O5S/c1-12(2)19(17,18)7-5-11-10(16)13-6-3-4-8(13)9(14)15/h8H,3-7H2,1-2H3,(H,11,16)(H,14,15)/t8-/m0/s1. The number of sulfonamides is 1. The molecule has 0 aromatic heterocycles. The van der Waals surface area contributed by atoms with Crippen LogP contribution >= 0.6 is 0 Å². The van der Waals surface area contributed by atoms with Crippen LogP contribution in [0.3, 0.4) is 0 Å². The lowest BCUT2D eigenvalue weighted by molar-refractivity contribution is -0.141. The molecule has 1 saturated heterocycles. The van der Waals surface area contributed by atoms with Crippen LogP contribution in [0.2, 0.25) is 0 Å². The Kier molecular flexibility index (Phi) is 5.12. The fourth-order valence-corrected chi connectivity index (χ4v) is 2.56. The predicted molar refractivity (Wildman–Crippen MR) is 68.2 cm³/mol. The first kappa shape index (κ1) is 15.7. The largest absolute Gasteiger partial charge is 0.480 e. The summed E-state index contributed by atoms with van der Waals surface area (Å²) in [7, 11) is -0.534. The molecule has 1 rings (SSSR count). The van der Waals surface area contributed by atoms with Crippen LogP contribution in [0, 0.1) is 0 Å². The monoisotopic (exact) mass is 293 g/mol. The molecule has 0 unspecified atom stereocenters. The third-order valence-electron chi connectivity index (χ3n) is 2.99. The molecule has 9 heteroatoms. The summed E-state index contributed by atoms with van der Waals surface area (Å²) >= 11 is 0. The van der Waals surface area contributed by atoms with Crippen LogP contribution in [-0.4, -0.2) is 73.7 Å². The fourth-order valence-electron chi connectivity index (χ4n) is 1.84. The van der Waals surface area contributed by atoms with Crippen LogP contribution in [0.25, 0.3) is 0 Å². The van der Waals surface area contributed by atoms with Gasteiger partial charge in [-0.1, -0.05) is 0 Å². The average molecular weight is 293 g/mol. The number of amides is 2. The SMILES string of the molecule is CN(C)S(=O)(=O)CCNC(=O)N1CCC[C@H]1C(=O)O. The van der Waals surface area contributed by atoms with Gasteiger partial charge in [0.25, 0.3) is 0 Å². The van der Waals surface area contributed by atoms with Crippen LogP contribution in [0.5, 0.6) is 0 Å². The van der Waals surface area contributed by atoms with Crippen molar-refractivity contribution in [2.75, 3.05) is 32.9 Å². The molecule has 110 valence electrons. The number of nitrogens with zero attached hydrogens (tertiary/aromatic N) is 2. The van der Waals surface area contributed by atoms with Gasteiger partial charge in [-0.15, -0.1) is 0 Å². The number of aliphatic carboxylic acids is 1. The number of hydrogen-bond donors (Lipinski definition) is 2. The first-order valence-corrected chi connectivity index (χ1v) is 7.54. The topological polar surface area (TPSA) is 107 Å². The highest BCUT2D eigenvalue weighted by molar-refractivity contribution is 7.89. The van der Waals surface area contributed by atoms with E-state index in [0.717, 1.165) is 4.31 Å². The number of rotatable bonds is 5. The number of hydrogen-bond acceptors (Lipinski definition) is 4. The highest BCUT2D eigenvalue weighted by Gasteiger charge is 2.33. The van der Waals surface area contributed by atoms with Crippen molar-refractivity contribution < 1.29 is 23.1 Å². The number of carbonyl (C=O) groups excluding carboxylic acids is 1. The van der Waals surface area contributed by atoms with E-state index in [-0.39, 0.29) is 12.3 Å². The van der Waals surface area contributed by atoms with E-state index < -0.39 is 28.1 Å². The maximum absolute atomic E-state index is 11.8. The Balaban J connectivity index is 2.46. The number of carboxylic acids is 1. The van der Waals surface area contributed by atoms with Gasteiger partial charge in [-0.25, -0.2) is 22.3 Å². The van der Waals surface area contributed by atoms with E-state index in [4.69, 9.17) is 5.11 Å². The van der Waals surface area contributed by atoms with Gasteiger partial charge in [0.05, 0.1) is 5.75 Å². The fraction of sp³-hybridized carbons (Fsp3) is 0.800. The molecule has 0 spiro atoms.